The molecule has 0 N–H and O–H groups in total. The van der Waals surface area contributed by atoms with Crippen molar-refractivity contribution in [3.8, 4) is 91.1 Å². The topological polar surface area (TPSA) is 285 Å². The smallest absolute Gasteiger partial charge is 0.579 e. The predicted octanol–water partition coefficient (Wildman–Crippen LogP) is 7.52. The number of aromatic nitrogens is 20. The van der Waals surface area contributed by atoms with E-state index in [1.807, 2.05) is 177 Å². The Bertz CT molecular complexity index is 3130. The first kappa shape index (κ1) is 78.1. The molecule has 0 amide bonds. The number of ketones is 1. The van der Waals surface area contributed by atoms with Crippen molar-refractivity contribution in [2.75, 3.05) is 0 Å². The van der Waals surface area contributed by atoms with Gasteiger partial charge in [-0.1, -0.05) is 124 Å². The van der Waals surface area contributed by atoms with Crippen LogP contribution in [-0.4, -0.2) is 66.5 Å². The minimum Gasteiger partial charge on any atom is -0.579 e. The molecule has 0 saturated heterocycles. The van der Waals surface area contributed by atoms with Gasteiger partial charge in [-0.05, 0) is 83.1 Å². The minimum absolute atomic E-state index is 0. The maximum absolute atomic E-state index is 9.44. The van der Waals surface area contributed by atoms with E-state index in [2.05, 4.69) is 102 Å². The van der Waals surface area contributed by atoms with Crippen LogP contribution in [0.4, 0.5) is 0 Å². The van der Waals surface area contributed by atoms with E-state index in [4.69, 9.17) is 0 Å². The summed E-state index contributed by atoms with van der Waals surface area (Å²) in [6.45, 7) is 18.3. The number of hydrogen-bond acceptors (Lipinski definition) is 13. The Balaban J connectivity index is 0.00000104. The normalized spacial score (nSPS) is 9.55. The third kappa shape index (κ3) is 22.5. The number of Topliss-reactive ketones (excluding diaryl/α,β-unsaturated/α-hetero) is 1. The van der Waals surface area contributed by atoms with E-state index in [9.17, 15) is 4.79 Å². The molecule has 0 atom stereocenters. The minimum atomic E-state index is 0. The third-order valence-electron chi connectivity index (χ3n) is 10.4. The van der Waals surface area contributed by atoms with E-state index >= 15 is 0 Å². The Morgan fingerprint density at radius 1 is 0.262 bits per heavy atom. The molecule has 21 nitrogen and oxygen atoms in total. The molecular weight excluding hydrogens is 1470 g/mol. The number of rotatable bonds is 8. The summed E-state index contributed by atoms with van der Waals surface area (Å²) < 4.78 is 0. The second-order valence-corrected chi connectivity index (χ2v) is 17.5. The molecule has 0 unspecified atom stereocenters. The molecule has 0 spiro atoms. The van der Waals surface area contributed by atoms with Crippen molar-refractivity contribution in [1.29, 1.82) is 0 Å². The predicted molar refractivity (Wildman–Crippen MR) is 284 cm³/mol. The van der Waals surface area contributed by atoms with Gasteiger partial charge in [0.15, 0.2) is 0 Å². The van der Waals surface area contributed by atoms with E-state index in [0.29, 0.717) is 0 Å². The monoisotopic (exact) mass is 1510 g/mol. The number of aryl methyl sites for hydroxylation is 8. The van der Waals surface area contributed by atoms with Crippen molar-refractivity contribution < 1.29 is 141 Å². The summed E-state index contributed by atoms with van der Waals surface area (Å²) in [5.41, 5.74) is 19.8. The molecule has 12 heterocycles. The molecule has 0 saturated carbocycles. The fourth-order valence-corrected chi connectivity index (χ4v) is 6.99. The summed E-state index contributed by atoms with van der Waals surface area (Å²) in [6, 6.07) is 38.3. The molecule has 0 aliphatic heterocycles. The fraction of sp³-hybridized carbons (Fsp3) is 0.182. The SMILES string of the molecule is CC(C)=O.Cc1cc(-c2cccc(-c3cc(C)[n-]n3)n2)[n-]n1.Cc1cc(-c2cccc(-c3cc(C)[n-]n3)n2)n[n-]1.Cc1cc(-c2cccc(-c3cc(C)[n-]n3)n2)n[n-]1.Cc1cc(-c2cccc(-c3cc(C)n[n-]3)n2)[n-]n1.[Cu+].[Cu+].[Cu+].[Cu+].[Cu+].[Cu+].[Cu+].[Cu+]. The first-order valence-corrected chi connectivity index (χ1v) is 23.8. The van der Waals surface area contributed by atoms with Crippen molar-refractivity contribution in [3.05, 3.63) is 167 Å². The van der Waals surface area contributed by atoms with Gasteiger partial charge in [0.05, 0.1) is 74.0 Å². The molecular formula is C55H50Cu8N20O. The molecule has 0 radical (unpaired) electrons. The number of carbonyl (C=O) groups is 1. The van der Waals surface area contributed by atoms with Gasteiger partial charge in [0.25, 0.3) is 0 Å². The summed E-state index contributed by atoms with van der Waals surface area (Å²) in [5, 5.41) is 64.5. The maximum atomic E-state index is 9.44. The van der Waals surface area contributed by atoms with E-state index < -0.39 is 0 Å². The quantitative estimate of drug-likeness (QED) is 0.133. The Labute approximate surface area is 570 Å². The Hall–Kier alpha value is -5.89. The molecule has 12 aromatic heterocycles. The van der Waals surface area contributed by atoms with Crippen LogP contribution in [0.2, 0.25) is 0 Å². The summed E-state index contributed by atoms with van der Waals surface area (Å²) in [4.78, 5) is 27.6. The van der Waals surface area contributed by atoms with Gasteiger partial charge in [-0.2, -0.15) is 0 Å². The standard InChI is InChI=1S/4C13H11N5.C3H6O.8Cu/c4*1-8-6-12(17-15-8)10-4-3-5-11(14-10)13-7-9(2)16-18-13;1-3(2)4;;;;;;;;/h4*3-7H,1-2H3;1-2H3;;;;;;;;/q4*-2;;8*+1. The molecule has 12 aromatic rings. The zero-order chi connectivity index (χ0) is 53.7. The van der Waals surface area contributed by atoms with Crippen LogP contribution < -0.4 is 40.8 Å². The fourth-order valence-electron chi connectivity index (χ4n) is 6.99. The van der Waals surface area contributed by atoms with E-state index in [0.717, 1.165) is 137 Å². The molecule has 0 aliphatic carbocycles. The van der Waals surface area contributed by atoms with Gasteiger partial charge < -0.3 is 86.4 Å². The molecule has 12 rings (SSSR count). The molecule has 0 bridgehead atoms. The van der Waals surface area contributed by atoms with Crippen molar-refractivity contribution in [1.82, 2.24) is 102 Å². The zero-order valence-electron chi connectivity index (χ0n) is 45.8. The first-order valence-electron chi connectivity index (χ1n) is 23.8. The van der Waals surface area contributed by atoms with E-state index in [1.165, 1.54) is 13.8 Å². The second-order valence-electron chi connectivity index (χ2n) is 17.5. The molecule has 464 valence electrons. The summed E-state index contributed by atoms with van der Waals surface area (Å²) in [5.74, 6) is 0.167. The van der Waals surface area contributed by atoms with Crippen molar-refractivity contribution in [2.24, 2.45) is 0 Å². The summed E-state index contributed by atoms with van der Waals surface area (Å²) in [7, 11) is 0. The van der Waals surface area contributed by atoms with Gasteiger partial charge >= 0.3 is 137 Å². The second kappa shape index (κ2) is 37.5. The number of pyridine rings is 4. The van der Waals surface area contributed by atoms with E-state index in [1.54, 1.807) is 0 Å². The number of carbonyl (C=O) groups excluding carboxylic acids is 1. The molecule has 84 heavy (non-hydrogen) atoms. The average Bonchev–Trinajstić information content (AvgIpc) is 4.28. The third-order valence-corrected chi connectivity index (χ3v) is 10.4. The van der Waals surface area contributed by atoms with Gasteiger partial charge in [0.1, 0.15) is 5.78 Å². The largest absolute Gasteiger partial charge is 1.00 e. The van der Waals surface area contributed by atoms with Crippen LogP contribution in [0.1, 0.15) is 59.4 Å². The van der Waals surface area contributed by atoms with Crippen LogP contribution >= 0.6 is 0 Å². The number of nitrogens with zero attached hydrogens (tertiary/aromatic N) is 20. The van der Waals surface area contributed by atoms with E-state index in [-0.39, 0.29) is 142 Å². The van der Waals surface area contributed by atoms with Crippen LogP contribution in [0.15, 0.2) is 121 Å². The van der Waals surface area contributed by atoms with Crippen molar-refractivity contribution in [2.45, 2.75) is 69.2 Å². The Morgan fingerprint density at radius 3 is 0.607 bits per heavy atom. The Kier molecular flexibility index (Phi) is 34.9. The van der Waals surface area contributed by atoms with Crippen LogP contribution in [0.5, 0.6) is 0 Å². The molecule has 0 fully saturated rings. The maximum Gasteiger partial charge on any atom is 1.00 e. The summed E-state index contributed by atoms with van der Waals surface area (Å²) in [6.07, 6.45) is 0. The zero-order valence-corrected chi connectivity index (χ0v) is 53.3. The molecule has 29 heteroatoms. The van der Waals surface area contributed by atoms with Crippen LogP contribution in [0, 0.1) is 55.4 Å². The van der Waals surface area contributed by atoms with Gasteiger partial charge in [-0.25, -0.2) is 15.0 Å². The van der Waals surface area contributed by atoms with Crippen LogP contribution in [0.25, 0.3) is 91.1 Å². The van der Waals surface area contributed by atoms with Gasteiger partial charge in [0, 0.05) is 17.1 Å². The van der Waals surface area contributed by atoms with Crippen LogP contribution in [-0.2, 0) is 141 Å². The van der Waals surface area contributed by atoms with Gasteiger partial charge in [-0.15, -0.1) is 28.5 Å². The van der Waals surface area contributed by atoms with Crippen molar-refractivity contribution >= 4 is 5.78 Å². The van der Waals surface area contributed by atoms with Crippen molar-refractivity contribution in [3.63, 3.8) is 0 Å². The molecule has 0 aromatic carbocycles. The average molecular weight is 1520 g/mol. The molecule has 0 aliphatic rings. The van der Waals surface area contributed by atoms with Crippen LogP contribution in [0.3, 0.4) is 0 Å². The summed E-state index contributed by atoms with van der Waals surface area (Å²) >= 11 is 0. The first-order chi connectivity index (χ1) is 36.6. The Morgan fingerprint density at radius 2 is 0.440 bits per heavy atom. The van der Waals surface area contributed by atoms with Gasteiger partial charge in [0.2, 0.25) is 0 Å². The number of hydrogen-bond donors (Lipinski definition) is 0. The van der Waals surface area contributed by atoms with Gasteiger partial charge in [-0.3, -0.25) is 4.98 Å².